The van der Waals surface area contributed by atoms with Gasteiger partial charge in [0.05, 0.1) is 23.6 Å². The smallest absolute Gasteiger partial charge is 0.264 e. The summed E-state index contributed by atoms with van der Waals surface area (Å²) in [5, 5.41) is 18.9. The normalized spacial score (nSPS) is 12.5. The van der Waals surface area contributed by atoms with Gasteiger partial charge in [-0.1, -0.05) is 17.3 Å². The number of carbonyl (C=O) groups is 1. The van der Waals surface area contributed by atoms with Gasteiger partial charge in [0.25, 0.3) is 5.91 Å². The molecule has 2 N–H and O–H groups in total. The van der Waals surface area contributed by atoms with Crippen LogP contribution < -0.4 is 5.43 Å². The third-order valence-electron chi connectivity index (χ3n) is 4.30. The monoisotopic (exact) mass is 377 g/mol. The molecule has 4 rings (SSSR count). The van der Waals surface area contributed by atoms with Gasteiger partial charge < -0.3 is 0 Å². The number of hydrogen-bond acceptors (Lipinski definition) is 5. The number of benzene rings is 2. The van der Waals surface area contributed by atoms with E-state index in [9.17, 15) is 9.18 Å². The molecule has 2 aromatic carbocycles. The molecule has 28 heavy (non-hydrogen) atoms. The summed E-state index contributed by atoms with van der Waals surface area (Å²) in [4.78, 5) is 12.4. The van der Waals surface area contributed by atoms with Crippen LogP contribution in [0.25, 0.3) is 22.3 Å². The first-order valence-corrected chi connectivity index (χ1v) is 8.55. The molecule has 0 bridgehead atoms. The molecular weight excluding hydrogens is 361 g/mol. The van der Waals surface area contributed by atoms with Crippen LogP contribution >= 0.6 is 0 Å². The fourth-order valence-corrected chi connectivity index (χ4v) is 2.78. The lowest BCUT2D eigenvalue weighted by atomic mass is 10.1. The summed E-state index contributed by atoms with van der Waals surface area (Å²) in [5.74, 6) is -0.654. The van der Waals surface area contributed by atoms with Crippen molar-refractivity contribution in [2.75, 3.05) is 0 Å². The Morgan fingerprint density at radius 2 is 2.04 bits per heavy atom. The van der Waals surface area contributed by atoms with Gasteiger partial charge in [0.2, 0.25) is 0 Å². The Labute approximate surface area is 159 Å². The summed E-state index contributed by atoms with van der Waals surface area (Å²) in [6.07, 6.45) is 3.05. The van der Waals surface area contributed by atoms with Crippen LogP contribution in [0.15, 0.2) is 59.8 Å². The van der Waals surface area contributed by atoms with Crippen LogP contribution in [0.5, 0.6) is 0 Å². The summed E-state index contributed by atoms with van der Waals surface area (Å²) < 4.78 is 14.6. The Bertz CT molecular complexity index is 1150. The van der Waals surface area contributed by atoms with E-state index in [-0.39, 0.29) is 11.7 Å². The zero-order chi connectivity index (χ0) is 19.5. The SMILES string of the molecule is CC(C(=O)NN=Cc1cn[nH]c1-c1ccc(F)cc1)n1nnc2ccccc21. The zero-order valence-corrected chi connectivity index (χ0v) is 14.9. The van der Waals surface area contributed by atoms with E-state index in [4.69, 9.17) is 0 Å². The molecule has 0 saturated carbocycles. The average Bonchev–Trinajstić information content (AvgIpc) is 3.35. The topological polar surface area (TPSA) is 101 Å². The lowest BCUT2D eigenvalue weighted by molar-refractivity contribution is -0.124. The molecule has 1 atom stereocenters. The number of rotatable bonds is 5. The standard InChI is InChI=1S/C19H16FN7O/c1-12(27-17-5-3-2-4-16(17)23-26-27)19(28)25-22-11-14-10-21-24-18(14)13-6-8-15(20)9-7-13/h2-12H,1H3,(H,21,24)(H,25,28). The van der Waals surface area contributed by atoms with E-state index < -0.39 is 6.04 Å². The number of nitrogens with one attached hydrogen (secondary N) is 2. The van der Waals surface area contributed by atoms with Gasteiger partial charge in [-0.05, 0) is 43.3 Å². The number of hydrazone groups is 1. The maximum absolute atomic E-state index is 13.1. The quantitative estimate of drug-likeness (QED) is 0.412. The number of aromatic nitrogens is 5. The predicted octanol–water partition coefficient (Wildman–Crippen LogP) is 2.67. The Balaban J connectivity index is 1.47. The number of amides is 1. The van der Waals surface area contributed by atoms with Crippen molar-refractivity contribution in [3.63, 3.8) is 0 Å². The predicted molar refractivity (Wildman–Crippen MR) is 102 cm³/mol. The van der Waals surface area contributed by atoms with Crippen molar-refractivity contribution in [1.29, 1.82) is 0 Å². The molecule has 2 aromatic heterocycles. The van der Waals surface area contributed by atoms with Gasteiger partial charge in [0.1, 0.15) is 17.4 Å². The number of halogens is 1. The van der Waals surface area contributed by atoms with E-state index in [0.717, 1.165) is 11.1 Å². The second-order valence-corrected chi connectivity index (χ2v) is 6.14. The molecule has 4 aromatic rings. The number of nitrogens with zero attached hydrogens (tertiary/aromatic N) is 5. The summed E-state index contributed by atoms with van der Waals surface area (Å²) >= 11 is 0. The molecule has 2 heterocycles. The minimum atomic E-state index is -0.592. The lowest BCUT2D eigenvalue weighted by Crippen LogP contribution is -2.28. The van der Waals surface area contributed by atoms with Crippen molar-refractivity contribution < 1.29 is 9.18 Å². The summed E-state index contributed by atoms with van der Waals surface area (Å²) in [7, 11) is 0. The average molecular weight is 377 g/mol. The van der Waals surface area contributed by atoms with Crippen LogP contribution in [0.1, 0.15) is 18.5 Å². The highest BCUT2D eigenvalue weighted by molar-refractivity contribution is 5.90. The lowest BCUT2D eigenvalue weighted by Gasteiger charge is -2.10. The van der Waals surface area contributed by atoms with E-state index in [1.165, 1.54) is 18.3 Å². The molecule has 0 aliphatic rings. The molecule has 0 aliphatic carbocycles. The first kappa shape index (κ1) is 17.5. The zero-order valence-electron chi connectivity index (χ0n) is 14.9. The van der Waals surface area contributed by atoms with Gasteiger partial charge >= 0.3 is 0 Å². The summed E-state index contributed by atoms with van der Waals surface area (Å²) in [6.45, 7) is 1.72. The Kier molecular flexibility index (Phi) is 4.63. The molecule has 9 heteroatoms. The molecule has 0 spiro atoms. The van der Waals surface area contributed by atoms with Gasteiger partial charge in [-0.15, -0.1) is 5.10 Å². The largest absolute Gasteiger partial charge is 0.277 e. The van der Waals surface area contributed by atoms with Crippen molar-refractivity contribution in [1.82, 2.24) is 30.6 Å². The highest BCUT2D eigenvalue weighted by Crippen LogP contribution is 2.20. The van der Waals surface area contributed by atoms with Crippen molar-refractivity contribution in [2.24, 2.45) is 5.10 Å². The van der Waals surface area contributed by atoms with Crippen molar-refractivity contribution in [3.05, 3.63) is 66.1 Å². The second kappa shape index (κ2) is 7.39. The van der Waals surface area contributed by atoms with Crippen molar-refractivity contribution in [2.45, 2.75) is 13.0 Å². The van der Waals surface area contributed by atoms with Crippen molar-refractivity contribution >= 4 is 23.2 Å². The molecule has 0 aliphatic heterocycles. The maximum atomic E-state index is 13.1. The fourth-order valence-electron chi connectivity index (χ4n) is 2.78. The summed E-state index contributed by atoms with van der Waals surface area (Å²) in [6, 6.07) is 12.8. The van der Waals surface area contributed by atoms with E-state index in [1.54, 1.807) is 29.9 Å². The van der Waals surface area contributed by atoms with E-state index in [1.807, 2.05) is 24.3 Å². The molecule has 8 nitrogen and oxygen atoms in total. The van der Waals surface area contributed by atoms with Crippen molar-refractivity contribution in [3.8, 4) is 11.3 Å². The van der Waals surface area contributed by atoms with E-state index in [0.29, 0.717) is 16.8 Å². The number of aromatic amines is 1. The number of hydrogen-bond donors (Lipinski definition) is 2. The van der Waals surface area contributed by atoms with Gasteiger partial charge in [0, 0.05) is 11.1 Å². The molecule has 0 radical (unpaired) electrons. The second-order valence-electron chi connectivity index (χ2n) is 6.14. The molecule has 0 fully saturated rings. The summed E-state index contributed by atoms with van der Waals surface area (Å²) in [5.41, 5.74) is 6.07. The molecule has 1 amide bonds. The molecule has 1 unspecified atom stereocenters. The first-order chi connectivity index (χ1) is 13.6. The third kappa shape index (κ3) is 3.37. The number of fused-ring (bicyclic) bond motifs is 1. The highest BCUT2D eigenvalue weighted by Gasteiger charge is 2.18. The Hall–Kier alpha value is -3.88. The number of para-hydroxylation sites is 1. The minimum absolute atomic E-state index is 0.319. The van der Waals surface area contributed by atoms with Crippen LogP contribution in [0, 0.1) is 5.82 Å². The van der Waals surface area contributed by atoms with Gasteiger partial charge in [-0.2, -0.15) is 10.2 Å². The minimum Gasteiger partial charge on any atom is -0.277 e. The first-order valence-electron chi connectivity index (χ1n) is 8.55. The fraction of sp³-hybridized carbons (Fsp3) is 0.105. The van der Waals surface area contributed by atoms with Gasteiger partial charge in [-0.3, -0.25) is 9.89 Å². The Morgan fingerprint density at radius 1 is 1.25 bits per heavy atom. The van der Waals surface area contributed by atoms with Crippen LogP contribution in [-0.2, 0) is 4.79 Å². The van der Waals surface area contributed by atoms with E-state index >= 15 is 0 Å². The number of H-pyrrole nitrogens is 1. The molecule has 140 valence electrons. The highest BCUT2D eigenvalue weighted by atomic mass is 19.1. The number of carbonyl (C=O) groups excluding carboxylic acids is 1. The van der Waals surface area contributed by atoms with Crippen LogP contribution in [0.2, 0.25) is 0 Å². The van der Waals surface area contributed by atoms with Crippen LogP contribution in [0.4, 0.5) is 4.39 Å². The van der Waals surface area contributed by atoms with Crippen LogP contribution in [-0.4, -0.2) is 37.3 Å². The molecule has 0 saturated heterocycles. The maximum Gasteiger partial charge on any atom is 0.264 e. The third-order valence-corrected chi connectivity index (χ3v) is 4.30. The Morgan fingerprint density at radius 3 is 2.86 bits per heavy atom. The molecular formula is C19H16FN7O. The van der Waals surface area contributed by atoms with E-state index in [2.05, 4.69) is 31.0 Å². The van der Waals surface area contributed by atoms with Crippen LogP contribution in [0.3, 0.4) is 0 Å². The van der Waals surface area contributed by atoms with Gasteiger partial charge in [0.15, 0.2) is 0 Å². The van der Waals surface area contributed by atoms with Gasteiger partial charge in [-0.25, -0.2) is 14.5 Å².